The number of carbonyl (C=O) groups is 1. The first kappa shape index (κ1) is 32.4. The lowest BCUT2D eigenvalue weighted by Gasteiger charge is -2.25. The average Bonchev–Trinajstić information content (AvgIpc) is 3.69. The zero-order valence-electron chi connectivity index (χ0n) is 23.8. The van der Waals surface area contributed by atoms with Crippen LogP contribution in [0.3, 0.4) is 0 Å². The maximum absolute atomic E-state index is 13.4. The monoisotopic (exact) mass is 669 g/mol. The van der Waals surface area contributed by atoms with Crippen LogP contribution in [0.15, 0.2) is 60.9 Å². The van der Waals surface area contributed by atoms with Crippen LogP contribution < -0.4 is 14.5 Å². The standard InChI is InChI=1S/C31H32Cl2F2N2O6S/c32-25-16-36-17-26(33)24(25)15-28(22-10-11-27(43-31(34)35)29(13-22)41-18-20-8-9-20)42-30(38)14-23-7-4-12-37(23)44(39,40)19-21-5-2-1-3-6-21/h1-3,5-6,10-11,13,16-17,20,23,28,31H,4,7-9,12,14-15,18-19H2/p+1/t23-,28-/m0/s1. The van der Waals surface area contributed by atoms with E-state index in [4.69, 9.17) is 32.7 Å². The van der Waals surface area contributed by atoms with Crippen molar-refractivity contribution in [3.63, 3.8) is 0 Å². The van der Waals surface area contributed by atoms with Gasteiger partial charge in [-0.2, -0.15) is 13.1 Å². The number of nitrogens with zero attached hydrogens (tertiary/aromatic N) is 1. The molecule has 13 heteroatoms. The number of ether oxygens (including phenoxy) is 3. The van der Waals surface area contributed by atoms with Crippen LogP contribution in [-0.2, 0) is 31.7 Å². The van der Waals surface area contributed by atoms with E-state index >= 15 is 0 Å². The summed E-state index contributed by atoms with van der Waals surface area (Å²) in [6.45, 7) is -2.40. The Morgan fingerprint density at radius 2 is 1.75 bits per heavy atom. The van der Waals surface area contributed by atoms with Gasteiger partial charge in [-0.1, -0.05) is 59.6 Å². The minimum absolute atomic E-state index is 0.0654. The number of carbonyl (C=O) groups excluding carboxylic acids is 1. The predicted molar refractivity (Wildman–Crippen MR) is 160 cm³/mol. The summed E-state index contributed by atoms with van der Waals surface area (Å²) >= 11 is 12.8. The minimum atomic E-state index is -3.68. The van der Waals surface area contributed by atoms with Gasteiger partial charge in [0.15, 0.2) is 23.9 Å². The van der Waals surface area contributed by atoms with E-state index in [-0.39, 0.29) is 30.1 Å². The summed E-state index contributed by atoms with van der Waals surface area (Å²) in [5.74, 6) is -0.476. The van der Waals surface area contributed by atoms with Gasteiger partial charge in [0.25, 0.3) is 0 Å². The lowest BCUT2D eigenvalue weighted by molar-refractivity contribution is -0.377. The van der Waals surface area contributed by atoms with Gasteiger partial charge >= 0.3 is 12.6 Å². The molecule has 0 unspecified atom stereocenters. The molecule has 2 fully saturated rings. The van der Waals surface area contributed by atoms with Crippen molar-refractivity contribution in [1.82, 2.24) is 4.31 Å². The number of pyridine rings is 1. The first-order valence-corrected chi connectivity index (χ1v) is 16.7. The first-order chi connectivity index (χ1) is 21.1. The predicted octanol–water partition coefficient (Wildman–Crippen LogP) is 6.41. The fourth-order valence-electron chi connectivity index (χ4n) is 5.25. The van der Waals surface area contributed by atoms with Crippen LogP contribution in [0.4, 0.5) is 8.78 Å². The molecule has 2 aliphatic rings. The van der Waals surface area contributed by atoms with Crippen molar-refractivity contribution in [3.8, 4) is 11.5 Å². The Hall–Kier alpha value is -2.99. The number of hydrogen-bond donors (Lipinski definition) is 0. The highest BCUT2D eigenvalue weighted by atomic mass is 35.5. The maximum Gasteiger partial charge on any atom is 0.387 e. The van der Waals surface area contributed by atoms with Crippen LogP contribution in [0.2, 0.25) is 10.0 Å². The van der Waals surface area contributed by atoms with Gasteiger partial charge in [-0.15, -0.1) is 0 Å². The van der Waals surface area contributed by atoms with Gasteiger partial charge in [-0.25, -0.2) is 13.4 Å². The third-order valence-electron chi connectivity index (χ3n) is 7.66. The molecular weight excluding hydrogens is 637 g/mol. The molecule has 1 saturated heterocycles. The molecule has 0 spiro atoms. The molecule has 236 valence electrons. The molecule has 1 N–H and O–H groups in total. The third-order valence-corrected chi connectivity index (χ3v) is 10.2. The van der Waals surface area contributed by atoms with E-state index in [0.29, 0.717) is 58.6 Å². The van der Waals surface area contributed by atoms with Crippen molar-refractivity contribution >= 4 is 39.2 Å². The largest absolute Gasteiger partial charge is 0.489 e. The van der Waals surface area contributed by atoms with Crippen molar-refractivity contribution < 1.29 is 41.2 Å². The molecule has 0 amide bonds. The molecule has 1 saturated carbocycles. The Morgan fingerprint density at radius 1 is 1.02 bits per heavy atom. The minimum Gasteiger partial charge on any atom is -0.489 e. The fraction of sp³-hybridized carbons (Fsp3) is 0.419. The van der Waals surface area contributed by atoms with E-state index in [1.165, 1.54) is 22.5 Å². The second-order valence-electron chi connectivity index (χ2n) is 11.0. The summed E-state index contributed by atoms with van der Waals surface area (Å²) in [5, 5.41) is 0.630. The lowest BCUT2D eigenvalue weighted by atomic mass is 10.0. The highest BCUT2D eigenvalue weighted by Gasteiger charge is 2.36. The Balaban J connectivity index is 1.37. The number of hydrogen-bond acceptors (Lipinski definition) is 6. The highest BCUT2D eigenvalue weighted by molar-refractivity contribution is 7.88. The molecule has 2 atom stereocenters. The van der Waals surface area contributed by atoms with E-state index in [9.17, 15) is 22.0 Å². The second-order valence-corrected chi connectivity index (χ2v) is 13.7. The summed E-state index contributed by atoms with van der Waals surface area (Å²) in [6, 6.07) is 12.7. The van der Waals surface area contributed by atoms with Gasteiger partial charge in [-0.05, 0) is 54.9 Å². The van der Waals surface area contributed by atoms with E-state index in [0.717, 1.165) is 12.8 Å². The SMILES string of the molecule is O=C(C[C@@H]1CCCN1S(=O)(=O)Cc1ccccc1)O[C@@H](Cc1c(Cl)c[nH+]cc1Cl)c1ccc(OC(F)F)c(OCC2CC2)c1. The number of H-pyrrole nitrogens is 1. The lowest BCUT2D eigenvalue weighted by Crippen LogP contribution is -2.38. The number of alkyl halides is 2. The molecule has 1 aliphatic heterocycles. The maximum atomic E-state index is 13.4. The number of nitrogens with one attached hydrogen (secondary N) is 1. The van der Waals surface area contributed by atoms with Gasteiger partial charge in [0.05, 0.1) is 18.8 Å². The number of benzene rings is 2. The molecule has 8 nitrogen and oxygen atoms in total. The van der Waals surface area contributed by atoms with Crippen LogP contribution >= 0.6 is 23.2 Å². The summed E-state index contributed by atoms with van der Waals surface area (Å²) in [7, 11) is -3.68. The van der Waals surface area contributed by atoms with Crippen molar-refractivity contribution in [3.05, 3.63) is 87.7 Å². The second kappa shape index (κ2) is 14.4. The zero-order chi connectivity index (χ0) is 31.3. The number of halogens is 4. The molecule has 2 heterocycles. The Bertz CT molecular complexity index is 1540. The van der Waals surface area contributed by atoms with Crippen molar-refractivity contribution in [2.24, 2.45) is 5.92 Å². The molecule has 44 heavy (non-hydrogen) atoms. The number of aromatic nitrogens is 1. The third kappa shape index (κ3) is 8.59. The Morgan fingerprint density at radius 3 is 2.43 bits per heavy atom. The summed E-state index contributed by atoms with van der Waals surface area (Å²) in [5.41, 5.74) is 1.62. The summed E-state index contributed by atoms with van der Waals surface area (Å²) in [4.78, 5) is 16.3. The Kier molecular flexibility index (Phi) is 10.6. The number of sulfonamides is 1. The van der Waals surface area contributed by atoms with Crippen LogP contribution in [0.5, 0.6) is 11.5 Å². The normalized spacial score (nSPS) is 17.9. The summed E-state index contributed by atoms with van der Waals surface area (Å²) in [6.07, 6.45) is 5.16. The number of rotatable bonds is 14. The van der Waals surface area contributed by atoms with Gasteiger partial charge < -0.3 is 14.2 Å². The molecule has 1 aromatic heterocycles. The van der Waals surface area contributed by atoms with Crippen LogP contribution in [0, 0.1) is 5.92 Å². The zero-order valence-corrected chi connectivity index (χ0v) is 26.1. The molecule has 0 radical (unpaired) electrons. The molecular formula is C31H33Cl2F2N2O6S+. The first-order valence-electron chi connectivity index (χ1n) is 14.4. The van der Waals surface area contributed by atoms with Gasteiger partial charge in [-0.3, -0.25) is 4.79 Å². The van der Waals surface area contributed by atoms with Crippen molar-refractivity contribution in [1.29, 1.82) is 0 Å². The van der Waals surface area contributed by atoms with Gasteiger partial charge in [0, 0.05) is 24.6 Å². The van der Waals surface area contributed by atoms with Gasteiger partial charge in [0.1, 0.15) is 16.1 Å². The average molecular weight is 671 g/mol. The smallest absolute Gasteiger partial charge is 0.387 e. The van der Waals surface area contributed by atoms with E-state index in [1.54, 1.807) is 36.7 Å². The highest BCUT2D eigenvalue weighted by Crippen LogP contribution is 2.38. The molecule has 0 bridgehead atoms. The van der Waals surface area contributed by atoms with Crippen LogP contribution in [-0.4, -0.2) is 44.5 Å². The van der Waals surface area contributed by atoms with Crippen molar-refractivity contribution in [2.75, 3.05) is 13.2 Å². The number of esters is 1. The van der Waals surface area contributed by atoms with E-state index < -0.39 is 34.7 Å². The molecule has 5 rings (SSSR count). The topological polar surface area (TPSA) is 96.3 Å². The fourth-order valence-corrected chi connectivity index (χ4v) is 7.61. The Labute approximate surface area is 265 Å². The van der Waals surface area contributed by atoms with E-state index in [1.807, 2.05) is 6.07 Å². The molecule has 1 aliphatic carbocycles. The number of aromatic amines is 1. The molecule has 3 aromatic rings. The van der Waals surface area contributed by atoms with Crippen LogP contribution in [0.25, 0.3) is 0 Å². The van der Waals surface area contributed by atoms with Crippen LogP contribution in [0.1, 0.15) is 54.9 Å². The quantitative estimate of drug-likeness (QED) is 0.184. The van der Waals surface area contributed by atoms with E-state index in [2.05, 4.69) is 9.72 Å². The van der Waals surface area contributed by atoms with Crippen molar-refractivity contribution in [2.45, 2.75) is 63.0 Å². The summed E-state index contributed by atoms with van der Waals surface area (Å²) < 4.78 is 70.7. The molecule has 2 aromatic carbocycles. The van der Waals surface area contributed by atoms with Gasteiger partial charge in [0.2, 0.25) is 10.0 Å².